The lowest BCUT2D eigenvalue weighted by Gasteiger charge is -2.02. The highest BCUT2D eigenvalue weighted by atomic mass is 32.1. The van der Waals surface area contributed by atoms with Gasteiger partial charge in [-0.2, -0.15) is 9.49 Å². The summed E-state index contributed by atoms with van der Waals surface area (Å²) in [4.78, 5) is 12.4. The van der Waals surface area contributed by atoms with Gasteiger partial charge in [-0.25, -0.2) is 5.43 Å². The maximum atomic E-state index is 12.7. The van der Waals surface area contributed by atoms with Gasteiger partial charge in [0, 0.05) is 5.56 Å². The number of halogens is 1. The fraction of sp³-hybridized carbons (Fsp3) is 0.0769. The van der Waals surface area contributed by atoms with E-state index in [1.807, 2.05) is 0 Å². The molecule has 0 saturated carbocycles. The first-order valence-corrected chi connectivity index (χ1v) is 6.23. The molecule has 98 valence electrons. The van der Waals surface area contributed by atoms with Crippen molar-refractivity contribution in [1.82, 2.24) is 5.43 Å². The first kappa shape index (κ1) is 13.2. The molecule has 1 aromatic carbocycles. The third kappa shape index (κ3) is 3.62. The van der Waals surface area contributed by atoms with Gasteiger partial charge in [-0.15, -0.1) is 11.3 Å². The summed E-state index contributed by atoms with van der Waals surface area (Å²) in [5, 5.41) is 3.47. The lowest BCUT2D eigenvalue weighted by atomic mass is 10.2. The fourth-order valence-electron chi connectivity index (χ4n) is 1.38. The van der Waals surface area contributed by atoms with Crippen molar-refractivity contribution < 1.29 is 13.9 Å². The van der Waals surface area contributed by atoms with E-state index in [1.165, 1.54) is 19.4 Å². The van der Waals surface area contributed by atoms with E-state index >= 15 is 0 Å². The van der Waals surface area contributed by atoms with Crippen LogP contribution < -0.4 is 10.2 Å². The van der Waals surface area contributed by atoms with Crippen LogP contribution in [-0.4, -0.2) is 19.2 Å². The Labute approximate surface area is 113 Å². The average Bonchev–Trinajstić information content (AvgIpc) is 2.84. The third-order valence-electron chi connectivity index (χ3n) is 2.28. The average molecular weight is 278 g/mol. The van der Waals surface area contributed by atoms with Gasteiger partial charge in [-0.05, 0) is 30.3 Å². The fourth-order valence-corrected chi connectivity index (χ4v) is 1.98. The normalized spacial score (nSPS) is 10.6. The topological polar surface area (TPSA) is 50.7 Å². The Bertz CT molecular complexity index is 610. The zero-order valence-corrected chi connectivity index (χ0v) is 10.9. The van der Waals surface area contributed by atoms with Crippen LogP contribution in [0.4, 0.5) is 4.39 Å². The van der Waals surface area contributed by atoms with Crippen molar-refractivity contribution in [3.05, 3.63) is 52.0 Å². The van der Waals surface area contributed by atoms with Gasteiger partial charge in [-0.1, -0.05) is 6.07 Å². The molecule has 19 heavy (non-hydrogen) atoms. The van der Waals surface area contributed by atoms with Gasteiger partial charge in [0.15, 0.2) is 5.13 Å². The summed E-state index contributed by atoms with van der Waals surface area (Å²) < 4.78 is 17.7. The first-order valence-electron chi connectivity index (χ1n) is 5.42. The monoisotopic (exact) mass is 278 g/mol. The Morgan fingerprint density at radius 2 is 2.26 bits per heavy atom. The van der Waals surface area contributed by atoms with Crippen molar-refractivity contribution in [3.63, 3.8) is 0 Å². The van der Waals surface area contributed by atoms with Gasteiger partial charge >= 0.3 is 0 Å². The van der Waals surface area contributed by atoms with Crippen LogP contribution in [0.3, 0.4) is 0 Å². The molecule has 1 amide bonds. The molecule has 0 spiro atoms. The lowest BCUT2D eigenvalue weighted by Crippen LogP contribution is -2.17. The second-order valence-corrected chi connectivity index (χ2v) is 4.64. The summed E-state index contributed by atoms with van der Waals surface area (Å²) in [7, 11) is 1.53. The quantitative estimate of drug-likeness (QED) is 0.690. The number of hydrogen-bond donors (Lipinski definition) is 1. The van der Waals surface area contributed by atoms with E-state index in [1.54, 1.807) is 30.3 Å². The molecular formula is C13H11FN2O2S. The van der Waals surface area contributed by atoms with Gasteiger partial charge < -0.3 is 4.74 Å². The van der Waals surface area contributed by atoms with Crippen LogP contribution in [0.2, 0.25) is 0 Å². The minimum absolute atomic E-state index is 0.291. The Balaban J connectivity index is 1.99. The van der Waals surface area contributed by atoms with Crippen molar-refractivity contribution in [2.24, 2.45) is 5.10 Å². The molecule has 0 aliphatic heterocycles. The van der Waals surface area contributed by atoms with E-state index in [2.05, 4.69) is 10.5 Å². The molecule has 1 N–H and O–H groups in total. The Kier molecular flexibility index (Phi) is 4.25. The standard InChI is InChI=1S/C13H11FN2O2S/c1-18-10-4-2-3-9(7-10)13(17)16-15-8-11-5-6-12(14)19-11/h2-8H,1H3,(H,16,17). The maximum Gasteiger partial charge on any atom is 0.271 e. The second kappa shape index (κ2) is 6.10. The summed E-state index contributed by atoms with van der Waals surface area (Å²) in [5.41, 5.74) is 2.81. The summed E-state index contributed by atoms with van der Waals surface area (Å²) in [6.07, 6.45) is 1.39. The molecule has 0 bridgehead atoms. The van der Waals surface area contributed by atoms with Crippen LogP contribution in [0, 0.1) is 5.13 Å². The van der Waals surface area contributed by atoms with E-state index in [4.69, 9.17) is 4.74 Å². The summed E-state index contributed by atoms with van der Waals surface area (Å²) in [6, 6.07) is 9.64. The van der Waals surface area contributed by atoms with Crippen LogP contribution in [0.5, 0.6) is 5.75 Å². The molecule has 1 heterocycles. The molecule has 0 fully saturated rings. The number of rotatable bonds is 4. The van der Waals surface area contributed by atoms with E-state index in [0.717, 1.165) is 11.3 Å². The predicted molar refractivity (Wildman–Crippen MR) is 72.3 cm³/mol. The van der Waals surface area contributed by atoms with Crippen molar-refractivity contribution >= 4 is 23.5 Å². The highest BCUT2D eigenvalue weighted by Crippen LogP contribution is 2.13. The van der Waals surface area contributed by atoms with Crippen LogP contribution in [0.25, 0.3) is 0 Å². The molecule has 0 radical (unpaired) electrons. The van der Waals surface area contributed by atoms with E-state index in [0.29, 0.717) is 16.2 Å². The Morgan fingerprint density at radius 3 is 2.95 bits per heavy atom. The largest absolute Gasteiger partial charge is 0.497 e. The molecule has 0 atom stereocenters. The van der Waals surface area contributed by atoms with Crippen molar-refractivity contribution in [2.45, 2.75) is 0 Å². The van der Waals surface area contributed by atoms with Gasteiger partial charge in [0.2, 0.25) is 0 Å². The van der Waals surface area contributed by atoms with Crippen LogP contribution in [0.1, 0.15) is 15.2 Å². The molecule has 0 aliphatic carbocycles. The zero-order chi connectivity index (χ0) is 13.7. The summed E-state index contributed by atoms with van der Waals surface area (Å²) >= 11 is 0.954. The summed E-state index contributed by atoms with van der Waals surface area (Å²) in [6.45, 7) is 0. The molecule has 0 unspecified atom stereocenters. The van der Waals surface area contributed by atoms with Crippen LogP contribution >= 0.6 is 11.3 Å². The van der Waals surface area contributed by atoms with E-state index in [-0.39, 0.29) is 11.0 Å². The number of carbonyl (C=O) groups excluding carboxylic acids is 1. The minimum Gasteiger partial charge on any atom is -0.497 e. The zero-order valence-electron chi connectivity index (χ0n) is 10.1. The molecule has 6 heteroatoms. The highest BCUT2D eigenvalue weighted by Gasteiger charge is 2.05. The highest BCUT2D eigenvalue weighted by molar-refractivity contribution is 7.12. The maximum absolute atomic E-state index is 12.7. The van der Waals surface area contributed by atoms with Crippen molar-refractivity contribution in [1.29, 1.82) is 0 Å². The molecule has 0 aliphatic rings. The summed E-state index contributed by atoms with van der Waals surface area (Å²) in [5.74, 6) is 0.240. The first-order chi connectivity index (χ1) is 9.19. The third-order valence-corrected chi connectivity index (χ3v) is 3.09. The lowest BCUT2D eigenvalue weighted by molar-refractivity contribution is 0.0955. The number of hydrazone groups is 1. The van der Waals surface area contributed by atoms with Crippen molar-refractivity contribution in [2.75, 3.05) is 7.11 Å². The molecule has 0 saturated heterocycles. The number of benzene rings is 1. The number of thiophene rings is 1. The predicted octanol–water partition coefficient (Wildman–Crippen LogP) is 2.66. The van der Waals surface area contributed by atoms with Gasteiger partial charge in [0.1, 0.15) is 5.75 Å². The number of amides is 1. The number of ether oxygens (including phenoxy) is 1. The van der Waals surface area contributed by atoms with Crippen LogP contribution in [0.15, 0.2) is 41.5 Å². The molecule has 2 rings (SSSR count). The molecule has 2 aromatic rings. The number of nitrogens with one attached hydrogen (secondary N) is 1. The smallest absolute Gasteiger partial charge is 0.271 e. The Hall–Kier alpha value is -2.21. The SMILES string of the molecule is COc1cccc(C(=O)NN=Cc2ccc(F)s2)c1. The van der Waals surface area contributed by atoms with Gasteiger partial charge in [-0.3, -0.25) is 4.79 Å². The van der Waals surface area contributed by atoms with Crippen molar-refractivity contribution in [3.8, 4) is 5.75 Å². The molecular weight excluding hydrogens is 267 g/mol. The second-order valence-electron chi connectivity index (χ2n) is 3.57. The molecule has 4 nitrogen and oxygen atoms in total. The van der Waals surface area contributed by atoms with Crippen LogP contribution in [-0.2, 0) is 0 Å². The van der Waals surface area contributed by atoms with Gasteiger partial charge in [0.05, 0.1) is 18.2 Å². The number of nitrogens with zero attached hydrogens (tertiary/aromatic N) is 1. The number of hydrogen-bond acceptors (Lipinski definition) is 4. The van der Waals surface area contributed by atoms with Gasteiger partial charge in [0.25, 0.3) is 5.91 Å². The number of carbonyl (C=O) groups is 1. The van der Waals surface area contributed by atoms with E-state index < -0.39 is 0 Å². The minimum atomic E-state index is -0.354. The number of methoxy groups -OCH3 is 1. The Morgan fingerprint density at radius 1 is 1.42 bits per heavy atom. The molecule has 1 aromatic heterocycles. The van der Waals surface area contributed by atoms with E-state index in [9.17, 15) is 9.18 Å².